The molecule has 1 aliphatic carbocycles. The molecule has 120 valence electrons. The quantitative estimate of drug-likeness (QED) is 0.688. The summed E-state index contributed by atoms with van der Waals surface area (Å²) in [6.07, 6.45) is 3.71. The molecule has 0 amide bonds. The van der Waals surface area contributed by atoms with Crippen molar-refractivity contribution in [2.75, 3.05) is 12.3 Å². The van der Waals surface area contributed by atoms with Crippen LogP contribution in [0.1, 0.15) is 18.9 Å². The molecule has 3 atom stereocenters. The molecule has 0 aliphatic heterocycles. The summed E-state index contributed by atoms with van der Waals surface area (Å²) in [6, 6.07) is 1.58. The third-order valence-electron chi connectivity index (χ3n) is 4.05. The summed E-state index contributed by atoms with van der Waals surface area (Å²) in [6.45, 7) is -0.132. The zero-order chi connectivity index (χ0) is 15.9. The van der Waals surface area contributed by atoms with Crippen molar-refractivity contribution in [3.8, 4) is 0 Å². The molecule has 0 bridgehead atoms. The third kappa shape index (κ3) is 2.77. The van der Waals surface area contributed by atoms with Crippen molar-refractivity contribution in [1.29, 1.82) is 0 Å². The summed E-state index contributed by atoms with van der Waals surface area (Å²) in [4.78, 5) is 8.13. The fourth-order valence-corrected chi connectivity index (χ4v) is 3.33. The van der Waals surface area contributed by atoms with Gasteiger partial charge in [-0.1, -0.05) is 0 Å². The molecule has 9 nitrogen and oxygen atoms in total. The van der Waals surface area contributed by atoms with Crippen LogP contribution in [-0.2, 0) is 14.5 Å². The van der Waals surface area contributed by atoms with Crippen molar-refractivity contribution in [3.05, 3.63) is 18.6 Å². The van der Waals surface area contributed by atoms with E-state index in [1.807, 2.05) is 4.57 Å². The number of aliphatic hydroxyl groups excluding tert-OH is 1. The van der Waals surface area contributed by atoms with E-state index in [1.54, 1.807) is 12.3 Å². The van der Waals surface area contributed by atoms with Crippen molar-refractivity contribution < 1.29 is 17.7 Å². The van der Waals surface area contributed by atoms with Crippen LogP contribution in [0.25, 0.3) is 11.0 Å². The summed E-state index contributed by atoms with van der Waals surface area (Å²) < 4.78 is 28.1. The van der Waals surface area contributed by atoms with Crippen LogP contribution in [-0.4, -0.2) is 40.8 Å². The van der Waals surface area contributed by atoms with Gasteiger partial charge in [0.25, 0.3) is 0 Å². The van der Waals surface area contributed by atoms with E-state index < -0.39 is 16.4 Å². The van der Waals surface area contributed by atoms with Crippen LogP contribution in [0.4, 0.5) is 5.82 Å². The van der Waals surface area contributed by atoms with Crippen molar-refractivity contribution >= 4 is 27.2 Å². The van der Waals surface area contributed by atoms with Crippen molar-refractivity contribution in [1.82, 2.24) is 14.5 Å². The van der Waals surface area contributed by atoms with E-state index in [0.29, 0.717) is 24.3 Å². The largest absolute Gasteiger partial charge is 0.391 e. The van der Waals surface area contributed by atoms with Gasteiger partial charge in [-0.3, -0.25) is 4.18 Å². The number of nitrogens with zero attached hydrogens (tertiary/aromatic N) is 3. The maximum Gasteiger partial charge on any atom is 0.333 e. The molecule has 1 aliphatic rings. The lowest BCUT2D eigenvalue weighted by atomic mass is 10.1. The molecule has 3 rings (SSSR count). The molecule has 5 N–H and O–H groups in total. The number of nitrogens with two attached hydrogens (primary N) is 2. The Morgan fingerprint density at radius 3 is 2.91 bits per heavy atom. The minimum absolute atomic E-state index is 0.132. The van der Waals surface area contributed by atoms with Crippen LogP contribution >= 0.6 is 0 Å². The fraction of sp³-hybridized carbons (Fsp3) is 0.500. The predicted molar refractivity (Wildman–Crippen MR) is 78.8 cm³/mol. The Morgan fingerprint density at radius 1 is 1.41 bits per heavy atom. The van der Waals surface area contributed by atoms with Crippen LogP contribution in [0.5, 0.6) is 0 Å². The molecule has 22 heavy (non-hydrogen) atoms. The maximum absolute atomic E-state index is 10.9. The monoisotopic (exact) mass is 327 g/mol. The lowest BCUT2D eigenvalue weighted by Gasteiger charge is -2.21. The first kappa shape index (κ1) is 15.2. The van der Waals surface area contributed by atoms with Gasteiger partial charge < -0.3 is 15.4 Å². The van der Waals surface area contributed by atoms with Crippen LogP contribution < -0.4 is 10.9 Å². The second-order valence-corrected chi connectivity index (χ2v) is 6.61. The number of hydrogen-bond acceptors (Lipinski definition) is 7. The molecule has 10 heteroatoms. The second kappa shape index (κ2) is 5.47. The summed E-state index contributed by atoms with van der Waals surface area (Å²) in [5.74, 6) is 0.0744. The predicted octanol–water partition coefficient (Wildman–Crippen LogP) is -0.454. The van der Waals surface area contributed by atoms with E-state index in [1.165, 1.54) is 6.33 Å². The first-order valence-corrected chi connectivity index (χ1v) is 8.26. The number of anilines is 1. The Bertz CT molecular complexity index is 790. The van der Waals surface area contributed by atoms with Crippen molar-refractivity contribution in [2.24, 2.45) is 11.1 Å². The highest BCUT2D eigenvalue weighted by molar-refractivity contribution is 7.84. The molecule has 0 saturated heterocycles. The Labute approximate surface area is 127 Å². The van der Waals surface area contributed by atoms with Gasteiger partial charge in [-0.2, -0.15) is 8.42 Å². The molecule has 2 heterocycles. The zero-order valence-corrected chi connectivity index (χ0v) is 12.5. The molecule has 1 fully saturated rings. The molecular formula is C12H17N5O4S. The van der Waals surface area contributed by atoms with E-state index in [-0.39, 0.29) is 18.6 Å². The van der Waals surface area contributed by atoms with Gasteiger partial charge in [0.1, 0.15) is 17.8 Å². The first-order valence-electron chi connectivity index (χ1n) is 6.79. The van der Waals surface area contributed by atoms with Crippen LogP contribution in [0.3, 0.4) is 0 Å². The number of hydrogen-bond donors (Lipinski definition) is 3. The Hall–Kier alpha value is -1.75. The summed E-state index contributed by atoms with van der Waals surface area (Å²) >= 11 is 0. The van der Waals surface area contributed by atoms with Gasteiger partial charge in [0, 0.05) is 12.1 Å². The number of fused-ring (bicyclic) bond motifs is 1. The Morgan fingerprint density at radius 2 is 2.18 bits per heavy atom. The summed E-state index contributed by atoms with van der Waals surface area (Å²) in [5.41, 5.74) is 6.44. The van der Waals surface area contributed by atoms with E-state index in [0.717, 1.165) is 5.39 Å². The summed E-state index contributed by atoms with van der Waals surface area (Å²) in [5, 5.41) is 16.0. The van der Waals surface area contributed by atoms with E-state index in [4.69, 9.17) is 10.9 Å². The Kier molecular flexibility index (Phi) is 3.77. The second-order valence-electron chi connectivity index (χ2n) is 5.39. The number of aromatic nitrogens is 3. The SMILES string of the molecule is Nc1ncnc2c1ccn2[C@@H]1CC[C@@H](COS(N)(=O)=O)[C@H]1O. The molecule has 0 radical (unpaired) electrons. The van der Waals surface area contributed by atoms with E-state index >= 15 is 0 Å². The van der Waals surface area contributed by atoms with E-state index in [2.05, 4.69) is 14.2 Å². The molecule has 0 unspecified atom stereocenters. The Balaban J connectivity index is 1.82. The molecule has 2 aromatic heterocycles. The minimum Gasteiger partial charge on any atom is -0.391 e. The van der Waals surface area contributed by atoms with Crippen molar-refractivity contribution in [2.45, 2.75) is 25.0 Å². The standard InChI is InChI=1S/C12H17N5O4S/c13-11-8-3-4-17(12(8)16-6-15-11)9-2-1-7(10(9)18)5-21-22(14,19)20/h3-4,6-7,9-10,18H,1-2,5H2,(H2,13,15,16)(H2,14,19,20)/t7-,9+,10+/m0/s1. The summed E-state index contributed by atoms with van der Waals surface area (Å²) in [7, 11) is -4.00. The van der Waals surface area contributed by atoms with Gasteiger partial charge >= 0.3 is 10.3 Å². The maximum atomic E-state index is 10.9. The lowest BCUT2D eigenvalue weighted by molar-refractivity contribution is 0.0727. The minimum atomic E-state index is -4.00. The van der Waals surface area contributed by atoms with Gasteiger partial charge in [-0.05, 0) is 18.9 Å². The van der Waals surface area contributed by atoms with Crippen LogP contribution in [0, 0.1) is 5.92 Å². The average Bonchev–Trinajstić information content (AvgIpc) is 3.00. The van der Waals surface area contributed by atoms with Gasteiger partial charge in [-0.15, -0.1) is 0 Å². The fourth-order valence-electron chi connectivity index (χ4n) is 2.97. The van der Waals surface area contributed by atoms with Gasteiger partial charge in [0.15, 0.2) is 0 Å². The average molecular weight is 327 g/mol. The van der Waals surface area contributed by atoms with Gasteiger partial charge in [0.2, 0.25) is 0 Å². The highest BCUT2D eigenvalue weighted by atomic mass is 32.2. The number of aliphatic hydroxyl groups is 1. The smallest absolute Gasteiger partial charge is 0.333 e. The van der Waals surface area contributed by atoms with Crippen molar-refractivity contribution in [3.63, 3.8) is 0 Å². The topological polar surface area (TPSA) is 146 Å². The molecular weight excluding hydrogens is 310 g/mol. The van der Waals surface area contributed by atoms with E-state index in [9.17, 15) is 13.5 Å². The number of rotatable bonds is 4. The highest BCUT2D eigenvalue weighted by Crippen LogP contribution is 2.37. The van der Waals surface area contributed by atoms with Crippen LogP contribution in [0.2, 0.25) is 0 Å². The first-order chi connectivity index (χ1) is 10.4. The van der Waals surface area contributed by atoms with Gasteiger partial charge in [-0.25, -0.2) is 15.1 Å². The highest BCUT2D eigenvalue weighted by Gasteiger charge is 2.37. The molecule has 1 saturated carbocycles. The lowest BCUT2D eigenvalue weighted by Crippen LogP contribution is -2.28. The molecule has 2 aromatic rings. The number of nitrogen functional groups attached to an aromatic ring is 1. The third-order valence-corrected chi connectivity index (χ3v) is 4.52. The zero-order valence-electron chi connectivity index (χ0n) is 11.7. The van der Waals surface area contributed by atoms with Crippen LogP contribution in [0.15, 0.2) is 18.6 Å². The molecule has 0 spiro atoms. The molecule has 0 aromatic carbocycles. The van der Waals surface area contributed by atoms with Gasteiger partial charge in [0.05, 0.1) is 24.1 Å². The normalized spacial score (nSPS) is 25.8.